The number of carbonyl (C=O) groups excluding carboxylic acids is 4. The second kappa shape index (κ2) is 12.9. The number of esters is 1. The Morgan fingerprint density at radius 3 is 2.40 bits per heavy atom. The molecule has 164 valence electrons. The van der Waals surface area contributed by atoms with Gasteiger partial charge in [0.05, 0.1) is 19.3 Å². The Labute approximate surface area is 172 Å². The first-order chi connectivity index (χ1) is 14.3. The van der Waals surface area contributed by atoms with Crippen molar-refractivity contribution in [1.29, 1.82) is 0 Å². The minimum absolute atomic E-state index is 0.0814. The second-order valence-corrected chi connectivity index (χ2v) is 5.88. The van der Waals surface area contributed by atoms with E-state index in [0.29, 0.717) is 11.3 Å². The summed E-state index contributed by atoms with van der Waals surface area (Å²) in [5.41, 5.74) is 1.05. The van der Waals surface area contributed by atoms with Crippen LogP contribution in [-0.2, 0) is 19.0 Å². The summed E-state index contributed by atoms with van der Waals surface area (Å²) in [6.45, 7) is 3.92. The minimum atomic E-state index is -1.01. The smallest absolute Gasteiger partial charge is 0.414 e. The summed E-state index contributed by atoms with van der Waals surface area (Å²) in [7, 11) is 0. The Bertz CT molecular complexity index is 779. The number of nitrogens with one attached hydrogen (secondary N) is 2. The highest BCUT2D eigenvalue weighted by Gasteiger charge is 2.14. The first-order valence-electron chi connectivity index (χ1n) is 8.87. The van der Waals surface area contributed by atoms with Crippen molar-refractivity contribution in [2.24, 2.45) is 0 Å². The van der Waals surface area contributed by atoms with Crippen LogP contribution in [0.15, 0.2) is 30.9 Å². The molecule has 30 heavy (non-hydrogen) atoms. The molecule has 0 aliphatic heterocycles. The zero-order valence-electron chi connectivity index (χ0n) is 16.4. The maximum absolute atomic E-state index is 12.1. The summed E-state index contributed by atoms with van der Waals surface area (Å²) in [5, 5.41) is 22.4. The zero-order valence-corrected chi connectivity index (χ0v) is 16.4. The lowest BCUT2D eigenvalue weighted by molar-refractivity contribution is -0.138. The number of ether oxygens (including phenoxy) is 3. The monoisotopic (exact) mass is 424 g/mol. The van der Waals surface area contributed by atoms with Crippen molar-refractivity contribution in [3.05, 3.63) is 42.0 Å². The highest BCUT2D eigenvalue weighted by Crippen LogP contribution is 2.17. The van der Waals surface area contributed by atoms with Gasteiger partial charge in [0.25, 0.3) is 5.91 Å². The summed E-state index contributed by atoms with van der Waals surface area (Å²) >= 11 is 0. The van der Waals surface area contributed by atoms with E-state index in [4.69, 9.17) is 14.6 Å². The van der Waals surface area contributed by atoms with Gasteiger partial charge in [-0.25, -0.2) is 14.4 Å². The number of anilines is 1. The van der Waals surface area contributed by atoms with E-state index in [2.05, 4.69) is 16.6 Å². The number of benzene rings is 1. The van der Waals surface area contributed by atoms with Gasteiger partial charge in [-0.2, -0.15) is 0 Å². The number of alkyl carbamates (subject to hydrolysis) is 1. The molecule has 3 amide bonds. The molecule has 1 atom stereocenters. The van der Waals surface area contributed by atoms with Crippen LogP contribution in [0.4, 0.5) is 15.3 Å². The highest BCUT2D eigenvalue weighted by molar-refractivity contribution is 6.03. The molecule has 0 bridgehead atoms. The van der Waals surface area contributed by atoms with E-state index in [9.17, 15) is 24.3 Å². The average Bonchev–Trinajstić information content (AvgIpc) is 2.72. The summed E-state index contributed by atoms with van der Waals surface area (Å²) in [6, 6.07) is 4.28. The first-order valence-corrected chi connectivity index (χ1v) is 8.87. The molecule has 1 aromatic rings. The molecule has 11 heteroatoms. The maximum Gasteiger partial charge on any atom is 0.414 e. The Hall–Kier alpha value is -3.44. The lowest BCUT2D eigenvalue weighted by atomic mass is 10.1. The van der Waals surface area contributed by atoms with Crippen LogP contribution in [0.25, 0.3) is 0 Å². The van der Waals surface area contributed by atoms with E-state index in [1.54, 1.807) is 6.92 Å². The van der Waals surface area contributed by atoms with Crippen LogP contribution in [0.1, 0.15) is 22.3 Å². The normalized spacial score (nSPS) is 11.0. The Kier molecular flexibility index (Phi) is 10.6. The van der Waals surface area contributed by atoms with Crippen molar-refractivity contribution in [2.45, 2.75) is 19.4 Å². The average molecular weight is 424 g/mol. The number of imide groups is 1. The minimum Gasteiger partial charge on any atom is -0.459 e. The van der Waals surface area contributed by atoms with Gasteiger partial charge >= 0.3 is 18.2 Å². The van der Waals surface area contributed by atoms with Crippen LogP contribution in [0.2, 0.25) is 0 Å². The molecule has 11 nitrogen and oxygen atoms in total. The van der Waals surface area contributed by atoms with Gasteiger partial charge in [-0.1, -0.05) is 6.58 Å². The van der Waals surface area contributed by atoms with E-state index in [-0.39, 0.29) is 31.8 Å². The van der Waals surface area contributed by atoms with Crippen LogP contribution >= 0.6 is 0 Å². The third kappa shape index (κ3) is 9.17. The molecular weight excluding hydrogens is 400 g/mol. The standard InChI is InChI=1S/C19H24N2O9/c1-3-16(24)28-8-9-30-19(27)21-17(25)13-4-5-15(12(2)10-13)20-18(26)29-7-6-14(23)11-22/h3-5,10,14,22-23H,1,6-9,11H2,2H3,(H,20,26)(H,21,25,27). The third-order valence-electron chi connectivity index (χ3n) is 3.56. The van der Waals surface area contributed by atoms with Crippen LogP contribution in [0.5, 0.6) is 0 Å². The lowest BCUT2D eigenvalue weighted by Crippen LogP contribution is -2.32. The Morgan fingerprint density at radius 2 is 1.77 bits per heavy atom. The summed E-state index contributed by atoms with van der Waals surface area (Å²) in [5.74, 6) is -1.39. The van der Waals surface area contributed by atoms with E-state index < -0.39 is 36.8 Å². The van der Waals surface area contributed by atoms with E-state index in [0.717, 1.165) is 6.08 Å². The second-order valence-electron chi connectivity index (χ2n) is 5.88. The fourth-order valence-corrected chi connectivity index (χ4v) is 2.01. The fourth-order valence-electron chi connectivity index (χ4n) is 2.01. The first kappa shape index (κ1) is 24.6. The van der Waals surface area contributed by atoms with Gasteiger partial charge < -0.3 is 24.4 Å². The predicted molar refractivity (Wildman–Crippen MR) is 104 cm³/mol. The van der Waals surface area contributed by atoms with Crippen molar-refractivity contribution in [3.8, 4) is 0 Å². The van der Waals surface area contributed by atoms with E-state index in [1.807, 2.05) is 5.32 Å². The van der Waals surface area contributed by atoms with Crippen molar-refractivity contribution >= 4 is 29.8 Å². The summed E-state index contributed by atoms with van der Waals surface area (Å²) in [6.07, 6.45) is -1.68. The van der Waals surface area contributed by atoms with Crippen LogP contribution < -0.4 is 10.6 Å². The van der Waals surface area contributed by atoms with Crippen LogP contribution in [0, 0.1) is 6.92 Å². The summed E-state index contributed by atoms with van der Waals surface area (Å²) < 4.78 is 14.2. The zero-order chi connectivity index (χ0) is 22.5. The van der Waals surface area contributed by atoms with Crippen molar-refractivity contribution in [2.75, 3.05) is 31.7 Å². The molecule has 0 saturated heterocycles. The molecule has 4 N–H and O–H groups in total. The van der Waals surface area contributed by atoms with Crippen molar-refractivity contribution < 1.29 is 43.6 Å². The highest BCUT2D eigenvalue weighted by atomic mass is 16.6. The number of aliphatic hydroxyl groups is 2. The number of hydrogen-bond donors (Lipinski definition) is 4. The molecule has 0 aromatic heterocycles. The number of hydrogen-bond acceptors (Lipinski definition) is 9. The van der Waals surface area contributed by atoms with Gasteiger partial charge in [0.1, 0.15) is 13.2 Å². The number of amides is 3. The molecule has 0 aliphatic carbocycles. The van der Waals surface area contributed by atoms with Gasteiger partial charge in [0, 0.05) is 23.7 Å². The van der Waals surface area contributed by atoms with Gasteiger partial charge in [-0.3, -0.25) is 15.4 Å². The van der Waals surface area contributed by atoms with Crippen molar-refractivity contribution in [3.63, 3.8) is 0 Å². The maximum atomic E-state index is 12.1. The topological polar surface area (TPSA) is 160 Å². The molecule has 1 aromatic carbocycles. The van der Waals surface area contributed by atoms with Gasteiger partial charge in [0.15, 0.2) is 0 Å². The van der Waals surface area contributed by atoms with Gasteiger partial charge in [-0.15, -0.1) is 0 Å². The van der Waals surface area contributed by atoms with E-state index >= 15 is 0 Å². The molecule has 0 radical (unpaired) electrons. The third-order valence-corrected chi connectivity index (χ3v) is 3.56. The molecule has 0 spiro atoms. The Balaban J connectivity index is 2.48. The fraction of sp³-hybridized carbons (Fsp3) is 0.368. The quantitative estimate of drug-likeness (QED) is 0.185. The molecule has 0 saturated carbocycles. The molecule has 0 aliphatic rings. The SMILES string of the molecule is C=CC(=O)OCCOC(=O)NC(=O)c1ccc(NC(=O)OCCC(O)CO)c(C)c1. The summed E-state index contributed by atoms with van der Waals surface area (Å²) in [4.78, 5) is 46.2. The molecule has 0 fully saturated rings. The molecule has 1 rings (SSSR count). The molecule has 0 heterocycles. The predicted octanol–water partition coefficient (Wildman–Crippen LogP) is 0.882. The molecular formula is C19H24N2O9. The number of aliphatic hydroxyl groups excluding tert-OH is 2. The van der Waals surface area contributed by atoms with Crippen LogP contribution in [-0.4, -0.2) is 66.8 Å². The van der Waals surface area contributed by atoms with Gasteiger partial charge in [0.2, 0.25) is 0 Å². The Morgan fingerprint density at radius 1 is 1.10 bits per heavy atom. The largest absolute Gasteiger partial charge is 0.459 e. The van der Waals surface area contributed by atoms with Crippen LogP contribution in [0.3, 0.4) is 0 Å². The molecule has 1 unspecified atom stereocenters. The number of rotatable bonds is 10. The number of aryl methyl sites for hydroxylation is 1. The van der Waals surface area contributed by atoms with Gasteiger partial charge in [-0.05, 0) is 30.7 Å². The van der Waals surface area contributed by atoms with Crippen molar-refractivity contribution in [1.82, 2.24) is 5.32 Å². The number of carbonyl (C=O) groups is 4. The lowest BCUT2D eigenvalue weighted by Gasteiger charge is -2.12. The van der Waals surface area contributed by atoms with E-state index in [1.165, 1.54) is 18.2 Å².